The van der Waals surface area contributed by atoms with Crippen molar-refractivity contribution in [3.63, 3.8) is 0 Å². The summed E-state index contributed by atoms with van der Waals surface area (Å²) in [5.41, 5.74) is 1.11. The Kier molecular flexibility index (Phi) is 2.83. The van der Waals surface area contributed by atoms with Crippen molar-refractivity contribution in [2.75, 3.05) is 4.90 Å². The highest BCUT2D eigenvalue weighted by molar-refractivity contribution is 6.53. The molecular weight excluding hydrogens is 260 g/mol. The number of hydrogen-bond donors (Lipinski definition) is 2. The van der Waals surface area contributed by atoms with Crippen molar-refractivity contribution < 1.29 is 20.0 Å². The molecule has 1 heterocycles. The Morgan fingerprint density at radius 3 is 2.40 bits per heavy atom. The molecule has 0 bridgehead atoms. The molecule has 0 spiro atoms. The van der Waals surface area contributed by atoms with Crippen LogP contribution in [0.3, 0.4) is 0 Å². The summed E-state index contributed by atoms with van der Waals surface area (Å²) in [5.74, 6) is -1.30. The summed E-state index contributed by atoms with van der Waals surface area (Å²) >= 11 is 0. The zero-order valence-corrected chi connectivity index (χ0v) is 10.2. The number of amides is 1. The lowest BCUT2D eigenvalue weighted by Gasteiger charge is -2.18. The van der Waals surface area contributed by atoms with E-state index in [1.165, 1.54) is 23.1 Å². The Bertz CT molecular complexity index is 698. The molecule has 3 rings (SSSR count). The summed E-state index contributed by atoms with van der Waals surface area (Å²) in [5, 5.41) is 18.9. The van der Waals surface area contributed by atoms with E-state index in [1.54, 1.807) is 30.3 Å². The van der Waals surface area contributed by atoms with Gasteiger partial charge in [0.25, 0.3) is 5.78 Å². The topological polar surface area (TPSA) is 85.1 Å². The maximum Gasteiger partial charge on any atom is 0.304 e. The number of para-hydroxylation sites is 1. The standard InChI is InChI=1S/C14H10N2O4/c17-13-11-7-6-10(16(19)20)8-12(11)15(14(13)18)9-4-2-1-3-5-9/h1-8,16,19H. The Balaban J connectivity index is 2.18. The number of rotatable bonds is 2. The van der Waals surface area contributed by atoms with Crippen LogP contribution in [-0.4, -0.2) is 16.9 Å². The highest BCUT2D eigenvalue weighted by Crippen LogP contribution is 2.36. The Morgan fingerprint density at radius 2 is 1.75 bits per heavy atom. The second-order valence-corrected chi connectivity index (χ2v) is 4.34. The van der Waals surface area contributed by atoms with E-state index in [2.05, 4.69) is 0 Å². The summed E-state index contributed by atoms with van der Waals surface area (Å²) in [6.45, 7) is 0. The number of nitrogens with one attached hydrogen (secondary N) is 1. The van der Waals surface area contributed by atoms with Crippen molar-refractivity contribution in [1.29, 1.82) is 0 Å². The number of hydrogen-bond acceptors (Lipinski definition) is 4. The van der Waals surface area contributed by atoms with Gasteiger partial charge in [0, 0.05) is 17.8 Å². The Hall–Kier alpha value is -2.54. The minimum absolute atomic E-state index is 0.0344. The minimum atomic E-state index is -1.10. The van der Waals surface area contributed by atoms with Gasteiger partial charge in [-0.2, -0.15) is 5.23 Å². The lowest BCUT2D eigenvalue weighted by molar-refractivity contribution is -0.991. The summed E-state index contributed by atoms with van der Waals surface area (Å²) in [7, 11) is 0. The number of benzene rings is 2. The average molecular weight is 270 g/mol. The van der Waals surface area contributed by atoms with E-state index < -0.39 is 16.9 Å². The predicted molar refractivity (Wildman–Crippen MR) is 70.1 cm³/mol. The maximum absolute atomic E-state index is 12.1. The average Bonchev–Trinajstić information content (AvgIpc) is 2.71. The third-order valence-corrected chi connectivity index (χ3v) is 3.14. The van der Waals surface area contributed by atoms with Gasteiger partial charge < -0.3 is 5.21 Å². The monoisotopic (exact) mass is 270 g/mol. The number of quaternary nitrogens is 1. The number of carbonyl (C=O) groups is 2. The number of ketones is 1. The van der Waals surface area contributed by atoms with Gasteiger partial charge in [0.15, 0.2) is 5.69 Å². The van der Waals surface area contributed by atoms with E-state index in [-0.39, 0.29) is 11.3 Å². The molecule has 0 aromatic heterocycles. The Morgan fingerprint density at radius 1 is 1.05 bits per heavy atom. The molecule has 0 radical (unpaired) electrons. The first kappa shape index (κ1) is 12.5. The molecule has 0 aliphatic carbocycles. The van der Waals surface area contributed by atoms with Crippen LogP contribution in [0.15, 0.2) is 48.5 Å². The fourth-order valence-electron chi connectivity index (χ4n) is 2.20. The van der Waals surface area contributed by atoms with Gasteiger partial charge in [0.2, 0.25) is 0 Å². The molecule has 1 atom stereocenters. The van der Waals surface area contributed by atoms with E-state index in [1.807, 2.05) is 0 Å². The van der Waals surface area contributed by atoms with Crippen molar-refractivity contribution in [2.45, 2.75) is 0 Å². The fourth-order valence-corrected chi connectivity index (χ4v) is 2.20. The van der Waals surface area contributed by atoms with Crippen molar-refractivity contribution in [2.24, 2.45) is 0 Å². The van der Waals surface area contributed by atoms with Crippen LogP contribution in [0.1, 0.15) is 10.4 Å². The van der Waals surface area contributed by atoms with Crippen LogP contribution < -0.4 is 10.1 Å². The van der Waals surface area contributed by atoms with Crippen molar-refractivity contribution in [3.05, 3.63) is 59.3 Å². The van der Waals surface area contributed by atoms with E-state index in [0.29, 0.717) is 11.4 Å². The molecular formula is C14H10N2O4. The first-order valence-corrected chi connectivity index (χ1v) is 5.91. The molecule has 0 saturated heterocycles. The lowest BCUT2D eigenvalue weighted by Crippen LogP contribution is -2.99. The van der Waals surface area contributed by atoms with Gasteiger partial charge in [0.1, 0.15) is 0 Å². The predicted octanol–water partition coefficient (Wildman–Crippen LogP) is 0.951. The third kappa shape index (κ3) is 1.79. The van der Waals surface area contributed by atoms with E-state index in [0.717, 1.165) is 0 Å². The smallest absolute Gasteiger partial charge is 0.304 e. The molecule has 1 aliphatic heterocycles. The molecule has 2 N–H and O–H groups in total. The lowest BCUT2D eigenvalue weighted by atomic mass is 10.1. The van der Waals surface area contributed by atoms with Gasteiger partial charge in [-0.25, -0.2) is 5.21 Å². The van der Waals surface area contributed by atoms with Crippen LogP contribution >= 0.6 is 0 Å². The molecule has 0 fully saturated rings. The molecule has 0 saturated carbocycles. The molecule has 2 aromatic rings. The van der Waals surface area contributed by atoms with E-state index >= 15 is 0 Å². The number of Topliss-reactive ketones (excluding diaryl/α,β-unsaturated/α-hetero) is 1. The zero-order chi connectivity index (χ0) is 14.3. The molecule has 100 valence electrons. The van der Waals surface area contributed by atoms with Gasteiger partial charge in [-0.15, -0.1) is 0 Å². The van der Waals surface area contributed by atoms with Gasteiger partial charge in [-0.1, -0.05) is 18.2 Å². The second kappa shape index (κ2) is 4.53. The van der Waals surface area contributed by atoms with Crippen molar-refractivity contribution >= 4 is 28.8 Å². The molecule has 6 nitrogen and oxygen atoms in total. The molecule has 20 heavy (non-hydrogen) atoms. The van der Waals surface area contributed by atoms with Gasteiger partial charge in [-0.05, 0) is 18.2 Å². The van der Waals surface area contributed by atoms with Gasteiger partial charge >= 0.3 is 5.91 Å². The fraction of sp³-hybridized carbons (Fsp3) is 0. The van der Waals surface area contributed by atoms with E-state index in [4.69, 9.17) is 5.21 Å². The second-order valence-electron chi connectivity index (χ2n) is 4.34. The third-order valence-electron chi connectivity index (χ3n) is 3.14. The normalized spacial score (nSPS) is 15.4. The van der Waals surface area contributed by atoms with Crippen LogP contribution in [0.25, 0.3) is 0 Å². The minimum Gasteiger partial charge on any atom is -0.595 e. The van der Waals surface area contributed by atoms with Crippen LogP contribution in [0.5, 0.6) is 0 Å². The van der Waals surface area contributed by atoms with Gasteiger partial charge in [-0.3, -0.25) is 14.5 Å². The Labute approximate surface area is 114 Å². The number of carbonyl (C=O) groups excluding carboxylic acids is 2. The molecule has 6 heteroatoms. The molecule has 1 unspecified atom stereocenters. The maximum atomic E-state index is 12.1. The summed E-state index contributed by atoms with van der Waals surface area (Å²) < 4.78 is 0. The molecule has 1 aliphatic rings. The van der Waals surface area contributed by atoms with Crippen LogP contribution in [0, 0.1) is 5.21 Å². The van der Waals surface area contributed by atoms with Gasteiger partial charge in [0.05, 0.1) is 11.3 Å². The van der Waals surface area contributed by atoms with Crippen molar-refractivity contribution in [1.82, 2.24) is 0 Å². The quantitative estimate of drug-likeness (QED) is 0.628. The van der Waals surface area contributed by atoms with Crippen LogP contribution in [0.2, 0.25) is 0 Å². The highest BCUT2D eigenvalue weighted by atomic mass is 16.8. The number of fused-ring (bicyclic) bond motifs is 1. The summed E-state index contributed by atoms with van der Waals surface area (Å²) in [6.07, 6.45) is 0. The summed E-state index contributed by atoms with van der Waals surface area (Å²) in [6, 6.07) is 12.7. The van der Waals surface area contributed by atoms with Crippen LogP contribution in [-0.2, 0) is 4.79 Å². The first-order valence-electron chi connectivity index (χ1n) is 5.91. The summed E-state index contributed by atoms with van der Waals surface area (Å²) in [4.78, 5) is 25.2. The number of nitrogens with zero attached hydrogens (tertiary/aromatic N) is 1. The first-order chi connectivity index (χ1) is 9.59. The largest absolute Gasteiger partial charge is 0.595 e. The molecule has 2 aromatic carbocycles. The highest BCUT2D eigenvalue weighted by Gasteiger charge is 2.37. The molecule has 1 amide bonds. The zero-order valence-electron chi connectivity index (χ0n) is 10.2. The van der Waals surface area contributed by atoms with Crippen LogP contribution in [0.4, 0.5) is 17.1 Å². The van der Waals surface area contributed by atoms with Crippen molar-refractivity contribution in [3.8, 4) is 0 Å². The SMILES string of the molecule is O=C1C(=O)N(c2ccccc2)c2cc([NH+]([O-])O)ccc21. The number of anilines is 2. The van der Waals surface area contributed by atoms with E-state index in [9.17, 15) is 14.8 Å².